The molecule has 1 heterocycles. The number of hydrogen-bond acceptors (Lipinski definition) is 5. The summed E-state index contributed by atoms with van der Waals surface area (Å²) in [5.41, 5.74) is -0.390. The van der Waals surface area contributed by atoms with E-state index in [1.54, 1.807) is 0 Å². The quantitative estimate of drug-likeness (QED) is 0.584. The number of methoxy groups -OCH3 is 1. The van der Waals surface area contributed by atoms with Gasteiger partial charge in [-0.15, -0.1) is 5.10 Å². The number of carbonyl (C=O) groups is 1. The number of carbonyl (C=O) groups excluding carboxylic acids is 1. The van der Waals surface area contributed by atoms with Crippen LogP contribution in [0.25, 0.3) is 11.0 Å². The van der Waals surface area contributed by atoms with Gasteiger partial charge in [-0.25, -0.2) is 8.78 Å². The molecule has 0 saturated heterocycles. The Morgan fingerprint density at radius 1 is 1.08 bits per heavy atom. The molecule has 202 valence electrons. The monoisotopic (exact) mass is 515 g/mol. The lowest BCUT2D eigenvalue weighted by molar-refractivity contribution is -0.175. The maximum atomic E-state index is 14.1. The van der Waals surface area contributed by atoms with Crippen molar-refractivity contribution < 1.29 is 23.4 Å². The summed E-state index contributed by atoms with van der Waals surface area (Å²) in [5.74, 6) is 0.701. The largest absolute Gasteiger partial charge is 0.390 e. The van der Waals surface area contributed by atoms with Gasteiger partial charge in [0.1, 0.15) is 23.4 Å². The summed E-state index contributed by atoms with van der Waals surface area (Å²) in [6, 6.07) is 1.94. The van der Waals surface area contributed by atoms with E-state index in [2.05, 4.69) is 17.1 Å². The predicted molar refractivity (Wildman–Crippen MR) is 134 cm³/mol. The number of halogens is 2. The second-order valence-corrected chi connectivity index (χ2v) is 13.1. The van der Waals surface area contributed by atoms with Crippen molar-refractivity contribution in [3.8, 4) is 0 Å². The van der Waals surface area contributed by atoms with Crippen molar-refractivity contribution in [1.82, 2.24) is 15.0 Å². The molecule has 1 N–H and O–H groups in total. The average molecular weight is 516 g/mol. The van der Waals surface area contributed by atoms with Gasteiger partial charge in [0.05, 0.1) is 12.2 Å². The van der Waals surface area contributed by atoms with Crippen LogP contribution in [-0.2, 0) is 16.1 Å². The zero-order valence-electron chi connectivity index (χ0n) is 22.2. The summed E-state index contributed by atoms with van der Waals surface area (Å²) in [6.07, 6.45) is 9.01. The number of benzene rings is 1. The lowest BCUT2D eigenvalue weighted by Gasteiger charge is -2.62. The molecule has 4 aliphatic carbocycles. The molecule has 0 amide bonds. The van der Waals surface area contributed by atoms with Gasteiger partial charge in [0, 0.05) is 25.2 Å². The van der Waals surface area contributed by atoms with Crippen LogP contribution in [0.4, 0.5) is 8.78 Å². The van der Waals surface area contributed by atoms with Crippen LogP contribution in [0.3, 0.4) is 0 Å². The van der Waals surface area contributed by atoms with Gasteiger partial charge in [-0.3, -0.25) is 4.79 Å². The average Bonchev–Trinajstić information content (AvgIpc) is 3.39. The van der Waals surface area contributed by atoms with Gasteiger partial charge in [-0.1, -0.05) is 6.92 Å². The molecule has 0 bridgehead atoms. The third-order valence-corrected chi connectivity index (χ3v) is 11.2. The second kappa shape index (κ2) is 8.80. The smallest absolute Gasteiger partial charge is 0.159 e. The van der Waals surface area contributed by atoms with Crippen molar-refractivity contribution in [3.63, 3.8) is 0 Å². The van der Waals surface area contributed by atoms with Crippen molar-refractivity contribution >= 4 is 16.8 Å². The Morgan fingerprint density at radius 2 is 1.89 bits per heavy atom. The molecule has 4 fully saturated rings. The molecule has 1 unspecified atom stereocenters. The zero-order valence-corrected chi connectivity index (χ0v) is 22.2. The lowest BCUT2D eigenvalue weighted by Crippen LogP contribution is -2.58. The van der Waals surface area contributed by atoms with E-state index in [9.17, 15) is 18.7 Å². The van der Waals surface area contributed by atoms with E-state index in [-0.39, 0.29) is 40.1 Å². The zero-order chi connectivity index (χ0) is 26.2. The fourth-order valence-corrected chi connectivity index (χ4v) is 9.62. The van der Waals surface area contributed by atoms with Gasteiger partial charge in [0.15, 0.2) is 11.6 Å². The highest BCUT2D eigenvalue weighted by molar-refractivity contribution is 5.82. The van der Waals surface area contributed by atoms with Gasteiger partial charge >= 0.3 is 0 Å². The summed E-state index contributed by atoms with van der Waals surface area (Å²) < 4.78 is 33.6. The third-order valence-electron chi connectivity index (χ3n) is 11.2. The van der Waals surface area contributed by atoms with E-state index >= 15 is 0 Å². The Morgan fingerprint density at radius 3 is 2.68 bits per heavy atom. The Labute approximate surface area is 217 Å². The fourth-order valence-electron chi connectivity index (χ4n) is 9.62. The summed E-state index contributed by atoms with van der Waals surface area (Å²) in [6.45, 7) is 5.05. The molecule has 8 atom stereocenters. The van der Waals surface area contributed by atoms with Crippen LogP contribution in [0.1, 0.15) is 71.6 Å². The molecule has 1 aromatic heterocycles. The van der Waals surface area contributed by atoms with Crippen LogP contribution >= 0.6 is 0 Å². The number of Topliss-reactive ketones (excluding diaryl/α,β-unsaturated/α-hetero) is 1. The number of ether oxygens (including phenoxy) is 1. The molecule has 6 rings (SSSR count). The molecular formula is C29H39F2N3O3. The van der Waals surface area contributed by atoms with E-state index in [4.69, 9.17) is 4.74 Å². The minimum atomic E-state index is -0.760. The van der Waals surface area contributed by atoms with E-state index in [0.29, 0.717) is 23.7 Å². The van der Waals surface area contributed by atoms with Crippen molar-refractivity contribution in [3.05, 3.63) is 23.8 Å². The summed E-state index contributed by atoms with van der Waals surface area (Å²) in [4.78, 5) is 14.9. The molecule has 1 aromatic carbocycles. The third kappa shape index (κ3) is 3.96. The predicted octanol–water partition coefficient (Wildman–Crippen LogP) is 5.32. The van der Waals surface area contributed by atoms with E-state index in [1.807, 2.05) is 14.0 Å². The first kappa shape index (κ1) is 25.4. The summed E-state index contributed by atoms with van der Waals surface area (Å²) >= 11 is 0. The first-order valence-electron chi connectivity index (χ1n) is 14.0. The number of ketones is 1. The number of aliphatic hydroxyl groups is 1. The maximum absolute atomic E-state index is 14.1. The Bertz CT molecular complexity index is 1210. The molecule has 8 heteroatoms. The topological polar surface area (TPSA) is 77.2 Å². The van der Waals surface area contributed by atoms with Gasteiger partial charge in [0.2, 0.25) is 0 Å². The molecule has 4 saturated carbocycles. The first-order chi connectivity index (χ1) is 17.6. The number of hydrogen-bond donors (Lipinski definition) is 1. The van der Waals surface area contributed by atoms with E-state index in [1.165, 1.54) is 4.80 Å². The van der Waals surface area contributed by atoms with Crippen LogP contribution in [0.5, 0.6) is 0 Å². The normalized spacial score (nSPS) is 41.3. The van der Waals surface area contributed by atoms with Gasteiger partial charge in [-0.05, 0) is 99.2 Å². The SMILES string of the molecule is COC[C@]12CC[C@@](C)(O)C[C@H]1CCC1[C@@H]3CC[C@H](C(=O)Cn4nc5cc(F)cc(F)c5n4)[C@@]3(C)CC[C@@H]12. The van der Waals surface area contributed by atoms with Crippen LogP contribution in [0.15, 0.2) is 12.1 Å². The van der Waals surface area contributed by atoms with Gasteiger partial charge in [0.25, 0.3) is 0 Å². The van der Waals surface area contributed by atoms with E-state index in [0.717, 1.165) is 76.5 Å². The standard InChI is InChI=1S/C29H39F2N3O3/c1-27(36)10-11-29(16-37-3)17(14-27)4-5-19-20-6-7-22(28(20,2)9-8-21(19)29)25(35)15-34-32-24-13-18(30)12-23(31)26(24)33-34/h12-13,17,19-22,36H,4-11,14-16H2,1-3H3/t17-,19?,20+,21+,22-,27-,28+,29-/m1/s1. The van der Waals surface area contributed by atoms with Crippen molar-refractivity contribution in [2.75, 3.05) is 13.7 Å². The highest BCUT2D eigenvalue weighted by atomic mass is 19.1. The van der Waals surface area contributed by atoms with Crippen LogP contribution in [-0.4, -0.2) is 45.2 Å². The van der Waals surface area contributed by atoms with Gasteiger partial charge < -0.3 is 9.84 Å². The number of fused-ring (bicyclic) bond motifs is 6. The van der Waals surface area contributed by atoms with Crippen molar-refractivity contribution in [2.45, 2.75) is 83.8 Å². The summed E-state index contributed by atoms with van der Waals surface area (Å²) in [5, 5.41) is 19.2. The molecule has 0 spiro atoms. The second-order valence-electron chi connectivity index (χ2n) is 13.1. The van der Waals surface area contributed by atoms with Crippen LogP contribution in [0.2, 0.25) is 0 Å². The minimum Gasteiger partial charge on any atom is -0.390 e. The highest BCUT2D eigenvalue weighted by Gasteiger charge is 2.63. The highest BCUT2D eigenvalue weighted by Crippen LogP contribution is 2.68. The Balaban J connectivity index is 1.22. The Hall–Kier alpha value is -1.93. The molecule has 37 heavy (non-hydrogen) atoms. The maximum Gasteiger partial charge on any atom is 0.159 e. The van der Waals surface area contributed by atoms with Crippen LogP contribution < -0.4 is 0 Å². The number of nitrogens with zero attached hydrogens (tertiary/aromatic N) is 3. The van der Waals surface area contributed by atoms with Crippen molar-refractivity contribution in [2.24, 2.45) is 40.4 Å². The molecule has 0 radical (unpaired) electrons. The Kier molecular flexibility index (Phi) is 6.03. The van der Waals surface area contributed by atoms with Crippen molar-refractivity contribution in [1.29, 1.82) is 0 Å². The van der Waals surface area contributed by atoms with Crippen LogP contribution in [0, 0.1) is 52.1 Å². The summed E-state index contributed by atoms with van der Waals surface area (Å²) in [7, 11) is 1.81. The first-order valence-corrected chi connectivity index (χ1v) is 14.0. The number of aromatic nitrogens is 3. The van der Waals surface area contributed by atoms with E-state index < -0.39 is 17.2 Å². The minimum absolute atomic E-state index is 0.00289. The fraction of sp³-hybridized carbons (Fsp3) is 0.759. The molecule has 0 aliphatic heterocycles. The lowest BCUT2D eigenvalue weighted by atomic mass is 9.43. The molecule has 2 aromatic rings. The number of rotatable bonds is 5. The van der Waals surface area contributed by atoms with Gasteiger partial charge in [-0.2, -0.15) is 9.90 Å². The molecule has 6 nitrogen and oxygen atoms in total. The molecular weight excluding hydrogens is 476 g/mol. The molecule has 4 aliphatic rings.